The lowest BCUT2D eigenvalue weighted by atomic mass is 10.0. The van der Waals surface area contributed by atoms with Crippen LogP contribution in [0.4, 0.5) is 16.2 Å². The molecule has 9 heteroatoms. The first kappa shape index (κ1) is 21.8. The summed E-state index contributed by atoms with van der Waals surface area (Å²) < 4.78 is 16.1. The lowest BCUT2D eigenvalue weighted by Crippen LogP contribution is -2.58. The van der Waals surface area contributed by atoms with Crippen molar-refractivity contribution in [1.29, 1.82) is 0 Å². The molecule has 3 aromatic rings. The van der Waals surface area contributed by atoms with Crippen molar-refractivity contribution in [2.45, 2.75) is 31.0 Å². The van der Waals surface area contributed by atoms with E-state index in [-0.39, 0.29) is 21.9 Å². The van der Waals surface area contributed by atoms with E-state index < -0.39 is 5.82 Å². The van der Waals surface area contributed by atoms with Crippen LogP contribution in [0.15, 0.2) is 30.3 Å². The van der Waals surface area contributed by atoms with Gasteiger partial charge in [-0.3, -0.25) is 0 Å². The summed E-state index contributed by atoms with van der Waals surface area (Å²) in [4.78, 5) is 16.2. The number of phenolic OH excluding ortho intramolecular Hbond substituents is 1. The van der Waals surface area contributed by atoms with Gasteiger partial charge in [-0.1, -0.05) is 23.7 Å². The van der Waals surface area contributed by atoms with Crippen molar-refractivity contribution in [1.82, 2.24) is 20.2 Å². The fourth-order valence-corrected chi connectivity index (χ4v) is 5.69. The average molecular weight is 483 g/mol. The van der Waals surface area contributed by atoms with Gasteiger partial charge in [-0.2, -0.15) is 4.98 Å². The van der Waals surface area contributed by atoms with Gasteiger partial charge in [0.15, 0.2) is 5.82 Å². The van der Waals surface area contributed by atoms with Crippen molar-refractivity contribution >= 4 is 34.3 Å². The Hall–Kier alpha value is -2.68. The minimum Gasteiger partial charge on any atom is -0.508 e. The number of likely N-dealkylation sites (N-methyl/N-ethyl adjacent to an activating group) is 1. The zero-order valence-corrected chi connectivity index (χ0v) is 20.1. The second-order valence-corrected chi connectivity index (χ2v) is 10.3. The topological polar surface area (TPSA) is 67.8 Å². The molecule has 2 unspecified atom stereocenters. The highest BCUT2D eigenvalue weighted by molar-refractivity contribution is 6.34. The van der Waals surface area contributed by atoms with E-state index in [0.29, 0.717) is 35.0 Å². The number of nitrogens with zero attached hydrogens (tertiary/aromatic N) is 5. The highest BCUT2D eigenvalue weighted by Crippen LogP contribution is 2.40. The third-order valence-corrected chi connectivity index (χ3v) is 7.68. The molecular formula is C25H28ClFN6O. The van der Waals surface area contributed by atoms with E-state index in [1.54, 1.807) is 24.3 Å². The Morgan fingerprint density at radius 1 is 1.06 bits per heavy atom. The molecular weight excluding hydrogens is 455 g/mol. The van der Waals surface area contributed by atoms with Crippen LogP contribution < -0.4 is 15.1 Å². The molecule has 2 atom stereocenters. The van der Waals surface area contributed by atoms with Crippen LogP contribution in [0, 0.1) is 5.82 Å². The largest absolute Gasteiger partial charge is 0.508 e. The van der Waals surface area contributed by atoms with Crippen molar-refractivity contribution in [3.63, 3.8) is 0 Å². The van der Waals surface area contributed by atoms with E-state index in [0.717, 1.165) is 44.8 Å². The van der Waals surface area contributed by atoms with Crippen LogP contribution in [0.25, 0.3) is 22.0 Å². The number of halogens is 2. The van der Waals surface area contributed by atoms with Gasteiger partial charge in [0.05, 0.1) is 5.02 Å². The summed E-state index contributed by atoms with van der Waals surface area (Å²) in [5, 5.41) is 14.5. The van der Waals surface area contributed by atoms with Gasteiger partial charge in [-0.05, 0) is 50.7 Å². The molecule has 3 fully saturated rings. The number of anilines is 2. The number of aromatic hydroxyl groups is 1. The summed E-state index contributed by atoms with van der Waals surface area (Å²) in [5.74, 6) is 0.869. The second-order valence-electron chi connectivity index (χ2n) is 9.91. The fourth-order valence-electron chi connectivity index (χ4n) is 5.39. The Balaban J connectivity index is 1.51. The van der Waals surface area contributed by atoms with Gasteiger partial charge in [0.25, 0.3) is 0 Å². The lowest BCUT2D eigenvalue weighted by molar-refractivity contribution is 0.245. The van der Waals surface area contributed by atoms with E-state index >= 15 is 4.39 Å². The SMILES string of the molecule is CN(C)C1CN(c2nc(N3CC4CCC(C3)N4)c3cc(Cl)c(-c4cccc(O)c4)c(F)c3n2)C1. The highest BCUT2D eigenvalue weighted by Gasteiger charge is 2.36. The number of hydrogen-bond acceptors (Lipinski definition) is 7. The summed E-state index contributed by atoms with van der Waals surface area (Å²) in [6.45, 7) is 3.27. The smallest absolute Gasteiger partial charge is 0.228 e. The van der Waals surface area contributed by atoms with Crippen LogP contribution in [-0.2, 0) is 0 Å². The molecule has 3 saturated heterocycles. The third kappa shape index (κ3) is 3.65. The van der Waals surface area contributed by atoms with Crippen molar-refractivity contribution in [3.8, 4) is 16.9 Å². The second kappa shape index (κ2) is 8.22. The van der Waals surface area contributed by atoms with E-state index in [4.69, 9.17) is 21.6 Å². The molecule has 0 saturated carbocycles. The Morgan fingerprint density at radius 3 is 2.47 bits per heavy atom. The van der Waals surface area contributed by atoms with Crippen LogP contribution in [0.3, 0.4) is 0 Å². The number of fused-ring (bicyclic) bond motifs is 3. The Kier molecular flexibility index (Phi) is 5.28. The van der Waals surface area contributed by atoms with E-state index in [2.05, 4.69) is 34.1 Å². The molecule has 6 rings (SSSR count). The molecule has 0 amide bonds. The highest BCUT2D eigenvalue weighted by atomic mass is 35.5. The van der Waals surface area contributed by atoms with Gasteiger partial charge in [-0.15, -0.1) is 0 Å². The summed E-state index contributed by atoms with van der Waals surface area (Å²) in [7, 11) is 4.13. The van der Waals surface area contributed by atoms with Gasteiger partial charge < -0.3 is 25.1 Å². The average Bonchev–Trinajstić information content (AvgIpc) is 3.10. The van der Waals surface area contributed by atoms with E-state index in [1.807, 2.05) is 0 Å². The van der Waals surface area contributed by atoms with Crippen molar-refractivity contribution in [3.05, 3.63) is 41.2 Å². The standard InChI is InChI=1S/C25H28ClFN6O/c1-31(2)17-12-33(13-17)25-29-23-19(24(30-25)32-10-15-6-7-16(11-32)28-15)9-20(26)21(22(23)27)14-4-3-5-18(34)8-14/h3-5,8-9,15-17,28,34H,6-7,10-13H2,1-2H3. The number of phenols is 1. The number of aromatic nitrogens is 2. The van der Waals surface area contributed by atoms with Gasteiger partial charge >= 0.3 is 0 Å². The first-order chi connectivity index (χ1) is 16.4. The molecule has 2 bridgehead atoms. The maximum atomic E-state index is 16.1. The predicted octanol–water partition coefficient (Wildman–Crippen LogP) is 3.49. The molecule has 0 aliphatic carbocycles. The van der Waals surface area contributed by atoms with E-state index in [9.17, 15) is 5.11 Å². The maximum absolute atomic E-state index is 16.1. The monoisotopic (exact) mass is 482 g/mol. The first-order valence-corrected chi connectivity index (χ1v) is 12.2. The molecule has 2 aromatic carbocycles. The zero-order valence-electron chi connectivity index (χ0n) is 19.3. The van der Waals surface area contributed by atoms with Crippen molar-refractivity contribution < 1.29 is 9.50 Å². The van der Waals surface area contributed by atoms with Crippen LogP contribution in [0.5, 0.6) is 5.75 Å². The molecule has 7 nitrogen and oxygen atoms in total. The van der Waals surface area contributed by atoms with Gasteiger partial charge in [-0.25, -0.2) is 9.37 Å². The quantitative estimate of drug-likeness (QED) is 0.590. The number of hydrogen-bond donors (Lipinski definition) is 2. The van der Waals surface area contributed by atoms with Crippen LogP contribution in [0.1, 0.15) is 12.8 Å². The third-order valence-electron chi connectivity index (χ3n) is 7.38. The molecule has 0 radical (unpaired) electrons. The maximum Gasteiger partial charge on any atom is 0.228 e. The van der Waals surface area contributed by atoms with Gasteiger partial charge in [0.2, 0.25) is 5.95 Å². The van der Waals surface area contributed by atoms with Crippen LogP contribution in [0.2, 0.25) is 5.02 Å². The molecule has 4 heterocycles. The Bertz CT molecular complexity index is 1250. The lowest BCUT2D eigenvalue weighted by Gasteiger charge is -2.43. The normalized spacial score (nSPS) is 22.6. The first-order valence-electron chi connectivity index (χ1n) is 11.8. The molecule has 178 valence electrons. The molecule has 3 aliphatic heterocycles. The van der Waals surface area contributed by atoms with Crippen LogP contribution in [-0.4, -0.2) is 78.4 Å². The number of nitrogens with one attached hydrogen (secondary N) is 1. The summed E-state index contributed by atoms with van der Waals surface area (Å²) in [6, 6.07) is 9.53. The molecule has 34 heavy (non-hydrogen) atoms. The van der Waals surface area contributed by atoms with Crippen molar-refractivity contribution in [2.75, 3.05) is 50.1 Å². The Labute approximate surface area is 203 Å². The summed E-state index contributed by atoms with van der Waals surface area (Å²) >= 11 is 6.65. The number of rotatable bonds is 4. The van der Waals surface area contributed by atoms with E-state index in [1.165, 1.54) is 6.07 Å². The predicted molar refractivity (Wildman–Crippen MR) is 133 cm³/mol. The molecule has 1 aromatic heterocycles. The Morgan fingerprint density at radius 2 is 1.79 bits per heavy atom. The minimum absolute atomic E-state index is 0.0590. The minimum atomic E-state index is -0.485. The van der Waals surface area contributed by atoms with Crippen LogP contribution >= 0.6 is 11.6 Å². The number of benzene rings is 2. The number of piperazine rings is 1. The summed E-state index contributed by atoms with van der Waals surface area (Å²) in [6.07, 6.45) is 2.29. The zero-order chi connectivity index (χ0) is 23.6. The molecule has 0 spiro atoms. The van der Waals surface area contributed by atoms with Gasteiger partial charge in [0.1, 0.15) is 17.1 Å². The van der Waals surface area contributed by atoms with Gasteiger partial charge in [0, 0.05) is 55.3 Å². The fraction of sp³-hybridized carbons (Fsp3) is 0.440. The molecule has 2 N–H and O–H groups in total. The molecule has 3 aliphatic rings. The summed E-state index contributed by atoms with van der Waals surface area (Å²) in [5.41, 5.74) is 1.03. The van der Waals surface area contributed by atoms with Crippen molar-refractivity contribution in [2.24, 2.45) is 0 Å².